The fourth-order valence-electron chi connectivity index (χ4n) is 3.47. The lowest BCUT2D eigenvalue weighted by atomic mass is 10.2. The number of nitrogens with zero attached hydrogens (tertiary/aromatic N) is 3. The third-order valence-corrected chi connectivity index (χ3v) is 6.37. The van der Waals surface area contributed by atoms with Crippen molar-refractivity contribution in [2.75, 3.05) is 16.8 Å². The van der Waals surface area contributed by atoms with Gasteiger partial charge in [0.15, 0.2) is 5.17 Å². The van der Waals surface area contributed by atoms with Gasteiger partial charge >= 0.3 is 5.97 Å². The molecule has 37 heavy (non-hydrogen) atoms. The summed E-state index contributed by atoms with van der Waals surface area (Å²) in [5, 5.41) is 20.4. The number of carbonyl (C=O) groups excluding carboxylic acids is 3. The Hall–Kier alpha value is -4.44. The van der Waals surface area contributed by atoms with E-state index in [0.29, 0.717) is 22.1 Å². The van der Waals surface area contributed by atoms with Crippen molar-refractivity contribution in [2.45, 2.75) is 18.6 Å². The molecule has 4 rings (SSSR count). The van der Waals surface area contributed by atoms with E-state index in [1.54, 1.807) is 49.5 Å². The Labute approximate surface area is 217 Å². The van der Waals surface area contributed by atoms with Gasteiger partial charge in [-0.2, -0.15) is 5.10 Å². The van der Waals surface area contributed by atoms with Crippen LogP contribution in [0.15, 0.2) is 89.1 Å². The SMILES string of the molecule is CCOC(=O)c1ccc(NC(=O)CC2SC(=NN=Cc3ccccc3)N(c3ccc(O)cc3)C2=O)cc1. The van der Waals surface area contributed by atoms with Gasteiger partial charge in [0.2, 0.25) is 11.8 Å². The summed E-state index contributed by atoms with van der Waals surface area (Å²) in [5.74, 6) is -1.07. The molecule has 0 aromatic heterocycles. The molecule has 1 unspecified atom stereocenters. The standard InChI is InChI=1S/C27H24N4O5S/c1-2-36-26(35)19-8-10-20(11-9-19)29-24(33)16-23-25(34)31(21-12-14-22(32)15-13-21)27(37-23)30-28-17-18-6-4-3-5-7-18/h3-15,17,23,32H,2,16H2,1H3,(H,29,33). The maximum atomic E-state index is 13.3. The Morgan fingerprint density at radius 3 is 2.43 bits per heavy atom. The van der Waals surface area contributed by atoms with Crippen LogP contribution in [0.2, 0.25) is 0 Å². The van der Waals surface area contributed by atoms with E-state index >= 15 is 0 Å². The van der Waals surface area contributed by atoms with Gasteiger partial charge in [-0.25, -0.2) is 4.79 Å². The van der Waals surface area contributed by atoms with Gasteiger partial charge in [-0.1, -0.05) is 42.1 Å². The van der Waals surface area contributed by atoms with E-state index in [4.69, 9.17) is 4.74 Å². The van der Waals surface area contributed by atoms with Gasteiger partial charge in [0, 0.05) is 12.1 Å². The second kappa shape index (κ2) is 12.0. The summed E-state index contributed by atoms with van der Waals surface area (Å²) >= 11 is 1.14. The minimum atomic E-state index is -0.724. The lowest BCUT2D eigenvalue weighted by molar-refractivity contribution is -0.121. The minimum absolute atomic E-state index is 0.0635. The summed E-state index contributed by atoms with van der Waals surface area (Å²) in [6.45, 7) is 2.00. The van der Waals surface area contributed by atoms with E-state index in [9.17, 15) is 19.5 Å². The van der Waals surface area contributed by atoms with Gasteiger partial charge in [0.05, 0.1) is 24.1 Å². The number of rotatable bonds is 8. The number of phenolic OH excluding ortho intramolecular Hbond substituents is 1. The van der Waals surface area contributed by atoms with Crippen LogP contribution in [0.1, 0.15) is 29.3 Å². The zero-order valence-electron chi connectivity index (χ0n) is 19.9. The van der Waals surface area contributed by atoms with Crippen molar-refractivity contribution in [1.82, 2.24) is 0 Å². The van der Waals surface area contributed by atoms with Crippen molar-refractivity contribution in [3.63, 3.8) is 0 Å². The predicted molar refractivity (Wildman–Crippen MR) is 144 cm³/mol. The number of thioether (sulfide) groups is 1. The van der Waals surface area contributed by atoms with Crippen molar-refractivity contribution in [2.24, 2.45) is 10.2 Å². The van der Waals surface area contributed by atoms with Crippen molar-refractivity contribution in [3.8, 4) is 5.75 Å². The highest BCUT2D eigenvalue weighted by Crippen LogP contribution is 2.34. The van der Waals surface area contributed by atoms with Crippen LogP contribution in [0.5, 0.6) is 5.75 Å². The maximum absolute atomic E-state index is 13.3. The lowest BCUT2D eigenvalue weighted by Gasteiger charge is -2.16. The first kappa shape index (κ1) is 25.6. The van der Waals surface area contributed by atoms with Crippen LogP contribution in [0, 0.1) is 0 Å². The van der Waals surface area contributed by atoms with Crippen LogP contribution in [-0.4, -0.2) is 46.1 Å². The third kappa shape index (κ3) is 6.62. The maximum Gasteiger partial charge on any atom is 0.338 e. The highest BCUT2D eigenvalue weighted by Gasteiger charge is 2.40. The molecule has 0 saturated carbocycles. The molecule has 1 aliphatic rings. The molecular weight excluding hydrogens is 492 g/mol. The summed E-state index contributed by atoms with van der Waals surface area (Å²) in [6.07, 6.45) is 1.48. The van der Waals surface area contributed by atoms with Gasteiger partial charge < -0.3 is 15.2 Å². The second-order valence-electron chi connectivity index (χ2n) is 7.88. The van der Waals surface area contributed by atoms with Crippen LogP contribution < -0.4 is 10.2 Å². The molecule has 10 heteroatoms. The van der Waals surface area contributed by atoms with E-state index in [1.807, 2.05) is 30.3 Å². The number of hydrogen-bond donors (Lipinski definition) is 2. The van der Waals surface area contributed by atoms with Gasteiger partial charge in [0.1, 0.15) is 11.0 Å². The molecule has 1 saturated heterocycles. The van der Waals surface area contributed by atoms with E-state index in [-0.39, 0.29) is 30.6 Å². The number of nitrogens with one attached hydrogen (secondary N) is 1. The Morgan fingerprint density at radius 1 is 1.05 bits per heavy atom. The normalized spacial score (nSPS) is 16.4. The van der Waals surface area contributed by atoms with E-state index in [2.05, 4.69) is 15.5 Å². The lowest BCUT2D eigenvalue weighted by Crippen LogP contribution is -2.33. The van der Waals surface area contributed by atoms with Crippen LogP contribution in [-0.2, 0) is 14.3 Å². The van der Waals surface area contributed by atoms with Gasteiger partial charge in [0.25, 0.3) is 0 Å². The van der Waals surface area contributed by atoms with E-state index in [1.165, 1.54) is 17.0 Å². The van der Waals surface area contributed by atoms with Crippen LogP contribution >= 0.6 is 11.8 Å². The summed E-state index contributed by atoms with van der Waals surface area (Å²) in [5.41, 5.74) is 2.22. The Balaban J connectivity index is 1.48. The summed E-state index contributed by atoms with van der Waals surface area (Å²) in [4.78, 5) is 39.2. The monoisotopic (exact) mass is 516 g/mol. The van der Waals surface area contributed by atoms with Crippen LogP contribution in [0.3, 0.4) is 0 Å². The molecule has 1 atom stereocenters. The third-order valence-electron chi connectivity index (χ3n) is 5.24. The Bertz CT molecular complexity index is 1330. The van der Waals surface area contributed by atoms with Crippen LogP contribution in [0.25, 0.3) is 0 Å². The topological polar surface area (TPSA) is 121 Å². The first-order valence-electron chi connectivity index (χ1n) is 11.5. The molecule has 1 fully saturated rings. The molecule has 188 valence electrons. The molecule has 0 radical (unpaired) electrons. The smallest absolute Gasteiger partial charge is 0.338 e. The summed E-state index contributed by atoms with van der Waals surface area (Å²) in [6, 6.07) is 21.9. The number of phenols is 1. The fourth-order valence-corrected chi connectivity index (χ4v) is 4.56. The largest absolute Gasteiger partial charge is 0.508 e. The average Bonchev–Trinajstić information content (AvgIpc) is 3.20. The number of amides is 2. The molecular formula is C27H24N4O5S. The molecule has 3 aromatic rings. The fraction of sp³-hybridized carbons (Fsp3) is 0.148. The molecule has 0 bridgehead atoms. The number of esters is 1. The molecule has 3 aromatic carbocycles. The molecule has 2 amide bonds. The van der Waals surface area contributed by atoms with Crippen LogP contribution in [0.4, 0.5) is 11.4 Å². The van der Waals surface area contributed by atoms with E-state index < -0.39 is 11.2 Å². The number of aromatic hydroxyl groups is 1. The number of hydrogen-bond acceptors (Lipinski definition) is 8. The number of benzene rings is 3. The quantitative estimate of drug-likeness (QED) is 0.260. The molecule has 0 spiro atoms. The highest BCUT2D eigenvalue weighted by atomic mass is 32.2. The van der Waals surface area contributed by atoms with Gasteiger partial charge in [-0.15, -0.1) is 5.10 Å². The zero-order chi connectivity index (χ0) is 26.2. The molecule has 1 aliphatic heterocycles. The molecule has 0 aliphatic carbocycles. The molecule has 9 nitrogen and oxygen atoms in total. The number of amidine groups is 1. The van der Waals surface area contributed by atoms with Crippen molar-refractivity contribution in [1.29, 1.82) is 0 Å². The van der Waals surface area contributed by atoms with Crippen molar-refractivity contribution < 1.29 is 24.2 Å². The van der Waals surface area contributed by atoms with Crippen molar-refractivity contribution >= 4 is 52.3 Å². The Kier molecular flexibility index (Phi) is 8.32. The number of ether oxygens (including phenoxy) is 1. The first-order valence-corrected chi connectivity index (χ1v) is 12.4. The number of carbonyl (C=O) groups is 3. The molecule has 2 N–H and O–H groups in total. The second-order valence-corrected chi connectivity index (χ2v) is 9.05. The first-order chi connectivity index (χ1) is 17.9. The van der Waals surface area contributed by atoms with Crippen molar-refractivity contribution in [3.05, 3.63) is 90.0 Å². The van der Waals surface area contributed by atoms with Gasteiger partial charge in [-0.05, 0) is 61.0 Å². The average molecular weight is 517 g/mol. The minimum Gasteiger partial charge on any atom is -0.508 e. The van der Waals surface area contributed by atoms with Gasteiger partial charge in [-0.3, -0.25) is 14.5 Å². The predicted octanol–water partition coefficient (Wildman–Crippen LogP) is 4.44. The summed E-state index contributed by atoms with van der Waals surface area (Å²) in [7, 11) is 0. The highest BCUT2D eigenvalue weighted by molar-refractivity contribution is 8.16. The summed E-state index contributed by atoms with van der Waals surface area (Å²) < 4.78 is 4.96. The molecule has 1 heterocycles. The zero-order valence-corrected chi connectivity index (χ0v) is 20.7. The Morgan fingerprint density at radius 2 is 1.76 bits per heavy atom. The van der Waals surface area contributed by atoms with E-state index in [0.717, 1.165) is 17.3 Å². The number of anilines is 2.